The number of hydrogen-bond acceptors (Lipinski definition) is 0. The summed E-state index contributed by atoms with van der Waals surface area (Å²) < 4.78 is 0. The Balaban J connectivity index is 0.000001000. The highest BCUT2D eigenvalue weighted by molar-refractivity contribution is 7.74. The molecule has 2 heteroatoms. The second-order valence-corrected chi connectivity index (χ2v) is 9.37. The molecule has 0 amide bonds. The second kappa shape index (κ2) is 5.01. The summed E-state index contributed by atoms with van der Waals surface area (Å²) >= 11 is 0. The monoisotopic (exact) mass is 286 g/mol. The van der Waals surface area contributed by atoms with Crippen LogP contribution in [-0.2, 0) is 0 Å². The van der Waals surface area contributed by atoms with Gasteiger partial charge in [0.1, 0.15) is 0 Å². The van der Waals surface area contributed by atoms with Crippen molar-refractivity contribution in [1.29, 1.82) is 0 Å². The summed E-state index contributed by atoms with van der Waals surface area (Å²) in [5.74, 6) is 0. The van der Waals surface area contributed by atoms with Crippen LogP contribution in [0.5, 0.6) is 0 Å². The summed E-state index contributed by atoms with van der Waals surface area (Å²) in [6.45, 7) is 7.47. The van der Waals surface area contributed by atoms with E-state index in [0.29, 0.717) is 0 Å². The van der Waals surface area contributed by atoms with Crippen LogP contribution in [0, 0.1) is 0 Å². The Morgan fingerprint density at radius 2 is 1.36 bits per heavy atom. The fourth-order valence-electron chi connectivity index (χ4n) is 1.86. The molecular weight excluding hydrogens is 266 g/mol. The molecule has 0 aliphatic heterocycles. The van der Waals surface area contributed by atoms with Crippen molar-refractivity contribution in [2.45, 2.75) is 37.8 Å². The summed E-state index contributed by atoms with van der Waals surface area (Å²) in [5, 5.41) is 0. The molecule has 0 saturated heterocycles. The van der Waals surface area contributed by atoms with E-state index in [4.69, 9.17) is 0 Å². The first-order valence-corrected chi connectivity index (χ1v) is 7.62. The van der Waals surface area contributed by atoms with Gasteiger partial charge in [-0.3, -0.25) is 0 Å². The summed E-state index contributed by atoms with van der Waals surface area (Å²) in [6, 6.07) is 0. The molecule has 1 rings (SSSR count). The van der Waals surface area contributed by atoms with Gasteiger partial charge in [0, 0.05) is 27.3 Å². The molecule has 0 aromatic rings. The fraction of sp³-hybridized carbons (Fsp3) is 1.00. The zero-order valence-electron chi connectivity index (χ0n) is 7.94. The molecule has 1 saturated carbocycles. The normalized spacial score (nSPS) is 21.0. The first kappa shape index (κ1) is 12.2. The van der Waals surface area contributed by atoms with Crippen molar-refractivity contribution in [2.75, 3.05) is 20.0 Å². The van der Waals surface area contributed by atoms with Crippen LogP contribution in [0.15, 0.2) is 0 Å². The standard InChI is InChI=1S/C9H20P.HI/c1-10(2,3)9-7-5-4-6-8-9;/h9H,4-8H2,1-3H3;1H/q+1;/p-1. The Labute approximate surface area is 88.9 Å². The van der Waals surface area contributed by atoms with Gasteiger partial charge < -0.3 is 24.0 Å². The Hall–Kier alpha value is 1.16. The van der Waals surface area contributed by atoms with Gasteiger partial charge in [0.15, 0.2) is 0 Å². The maximum Gasteiger partial charge on any atom is 0.0689 e. The SMILES string of the molecule is C[P+](C)(C)C1CCCCC1.[I-]. The lowest BCUT2D eigenvalue weighted by Gasteiger charge is -2.27. The zero-order chi connectivity index (χ0) is 7.61. The second-order valence-electron chi connectivity index (χ2n) is 4.41. The Kier molecular flexibility index (Phi) is 5.54. The van der Waals surface area contributed by atoms with Crippen LogP contribution in [-0.4, -0.2) is 25.7 Å². The molecule has 1 aliphatic carbocycles. The number of hydrogen-bond donors (Lipinski definition) is 0. The molecule has 0 unspecified atom stereocenters. The lowest BCUT2D eigenvalue weighted by atomic mass is 10.0. The summed E-state index contributed by atoms with van der Waals surface area (Å²) in [4.78, 5) is 0. The van der Waals surface area contributed by atoms with Gasteiger partial charge >= 0.3 is 0 Å². The van der Waals surface area contributed by atoms with Crippen LogP contribution in [0.25, 0.3) is 0 Å². The maximum atomic E-state index is 2.49. The van der Waals surface area contributed by atoms with Crippen molar-refractivity contribution in [1.82, 2.24) is 0 Å². The molecule has 1 fully saturated rings. The van der Waals surface area contributed by atoms with E-state index < -0.39 is 7.26 Å². The van der Waals surface area contributed by atoms with Crippen molar-refractivity contribution < 1.29 is 24.0 Å². The van der Waals surface area contributed by atoms with E-state index in [2.05, 4.69) is 20.0 Å². The molecule has 11 heavy (non-hydrogen) atoms. The molecule has 0 aromatic heterocycles. The third-order valence-electron chi connectivity index (χ3n) is 2.67. The fourth-order valence-corrected chi connectivity index (χ4v) is 3.77. The Bertz CT molecular complexity index is 101. The Morgan fingerprint density at radius 1 is 0.909 bits per heavy atom. The largest absolute Gasteiger partial charge is 1.00 e. The van der Waals surface area contributed by atoms with Gasteiger partial charge in [-0.25, -0.2) is 0 Å². The minimum Gasteiger partial charge on any atom is -1.00 e. The first-order valence-electron chi connectivity index (χ1n) is 4.42. The molecule has 0 heterocycles. The number of halogens is 1. The topological polar surface area (TPSA) is 0 Å². The van der Waals surface area contributed by atoms with Crippen molar-refractivity contribution in [3.8, 4) is 0 Å². The van der Waals surface area contributed by atoms with Crippen LogP contribution in [0.2, 0.25) is 0 Å². The molecule has 0 spiro atoms. The summed E-state index contributed by atoms with van der Waals surface area (Å²) in [7, 11) is -0.491. The predicted octanol–water partition coefficient (Wildman–Crippen LogP) is 0.230. The molecule has 68 valence electrons. The highest BCUT2D eigenvalue weighted by Gasteiger charge is 2.31. The van der Waals surface area contributed by atoms with Crippen molar-refractivity contribution in [3.63, 3.8) is 0 Å². The highest BCUT2D eigenvalue weighted by atomic mass is 127. The van der Waals surface area contributed by atoms with Gasteiger partial charge in [0.05, 0.1) is 5.66 Å². The van der Waals surface area contributed by atoms with Gasteiger partial charge in [0.2, 0.25) is 0 Å². The smallest absolute Gasteiger partial charge is 0.0689 e. The van der Waals surface area contributed by atoms with Crippen LogP contribution >= 0.6 is 7.26 Å². The van der Waals surface area contributed by atoms with Gasteiger partial charge in [-0.2, -0.15) is 0 Å². The van der Waals surface area contributed by atoms with Crippen molar-refractivity contribution >= 4 is 7.26 Å². The summed E-state index contributed by atoms with van der Waals surface area (Å²) in [6.07, 6.45) is 7.55. The van der Waals surface area contributed by atoms with E-state index in [0.717, 1.165) is 5.66 Å². The van der Waals surface area contributed by atoms with Crippen LogP contribution in [0.4, 0.5) is 0 Å². The van der Waals surface area contributed by atoms with Gasteiger partial charge in [-0.1, -0.05) is 6.42 Å². The number of rotatable bonds is 1. The third kappa shape index (κ3) is 4.07. The average Bonchev–Trinajstić information content (AvgIpc) is 1.88. The van der Waals surface area contributed by atoms with Gasteiger partial charge in [-0.15, -0.1) is 0 Å². The predicted molar refractivity (Wildman–Crippen MR) is 51.6 cm³/mol. The van der Waals surface area contributed by atoms with Crippen molar-refractivity contribution in [3.05, 3.63) is 0 Å². The molecule has 0 bridgehead atoms. The lowest BCUT2D eigenvalue weighted by Crippen LogP contribution is -3.00. The lowest BCUT2D eigenvalue weighted by molar-refractivity contribution is -0.00000242. The van der Waals surface area contributed by atoms with E-state index in [1.54, 1.807) is 0 Å². The highest BCUT2D eigenvalue weighted by Crippen LogP contribution is 2.56. The molecular formula is C9H20IP. The molecule has 0 N–H and O–H groups in total. The van der Waals surface area contributed by atoms with Gasteiger partial charge in [-0.05, 0) is 25.7 Å². The third-order valence-corrected chi connectivity index (χ3v) is 5.38. The molecule has 1 aliphatic rings. The minimum absolute atomic E-state index is 0. The molecule has 0 atom stereocenters. The molecule has 0 aromatic carbocycles. The maximum absolute atomic E-state index is 2.49. The summed E-state index contributed by atoms with van der Waals surface area (Å²) in [5.41, 5.74) is 1.11. The van der Waals surface area contributed by atoms with E-state index in [1.807, 2.05) is 0 Å². The van der Waals surface area contributed by atoms with E-state index in [1.165, 1.54) is 32.1 Å². The van der Waals surface area contributed by atoms with E-state index >= 15 is 0 Å². The molecule has 0 nitrogen and oxygen atoms in total. The Morgan fingerprint density at radius 3 is 1.64 bits per heavy atom. The van der Waals surface area contributed by atoms with Crippen LogP contribution < -0.4 is 24.0 Å². The average molecular weight is 286 g/mol. The first-order chi connectivity index (χ1) is 4.61. The quantitative estimate of drug-likeness (QED) is 0.478. The zero-order valence-corrected chi connectivity index (χ0v) is 11.0. The molecule has 0 radical (unpaired) electrons. The van der Waals surface area contributed by atoms with Crippen LogP contribution in [0.1, 0.15) is 32.1 Å². The van der Waals surface area contributed by atoms with Crippen LogP contribution in [0.3, 0.4) is 0 Å². The minimum atomic E-state index is -0.491. The van der Waals surface area contributed by atoms with Gasteiger partial charge in [0.25, 0.3) is 0 Å². The van der Waals surface area contributed by atoms with E-state index in [-0.39, 0.29) is 24.0 Å². The van der Waals surface area contributed by atoms with E-state index in [9.17, 15) is 0 Å². The van der Waals surface area contributed by atoms with Crippen molar-refractivity contribution in [2.24, 2.45) is 0 Å².